The van der Waals surface area contributed by atoms with Gasteiger partial charge >= 0.3 is 6.09 Å². The first kappa shape index (κ1) is 19.6. The molecule has 1 saturated heterocycles. The number of amides is 2. The molecule has 150 valence electrons. The Hall–Kier alpha value is -3.17. The molecule has 2 aromatic heterocycles. The fourth-order valence-corrected chi connectivity index (χ4v) is 2.98. The van der Waals surface area contributed by atoms with Gasteiger partial charge in [-0.15, -0.1) is 0 Å². The number of fused-ring (bicyclic) bond motifs is 1. The van der Waals surface area contributed by atoms with Crippen LogP contribution in [0, 0.1) is 5.82 Å². The summed E-state index contributed by atoms with van der Waals surface area (Å²) in [6.45, 7) is 5.26. The van der Waals surface area contributed by atoms with E-state index in [2.05, 4.69) is 15.3 Å². The Morgan fingerprint density at radius 3 is 2.64 bits per heavy atom. The summed E-state index contributed by atoms with van der Waals surface area (Å²) in [5.41, 5.74) is -0.222. The Balaban J connectivity index is 1.83. The van der Waals surface area contributed by atoms with Gasteiger partial charge in [0.15, 0.2) is 11.6 Å². The van der Waals surface area contributed by atoms with Crippen molar-refractivity contribution in [3.05, 3.63) is 28.3 Å². The zero-order valence-corrected chi connectivity index (χ0v) is 15.7. The van der Waals surface area contributed by atoms with E-state index in [1.165, 1.54) is 6.20 Å². The third kappa shape index (κ3) is 3.90. The van der Waals surface area contributed by atoms with Crippen LogP contribution in [-0.2, 0) is 9.53 Å². The lowest BCUT2D eigenvalue weighted by atomic mass is 10.2. The maximum atomic E-state index is 14.7. The number of aromatic nitrogens is 2. The van der Waals surface area contributed by atoms with E-state index in [0.29, 0.717) is 32.8 Å². The molecule has 1 aliphatic heterocycles. The molecular formula is C18H22FN5O4. The maximum Gasteiger partial charge on any atom is 0.409 e. The predicted octanol–water partition coefficient (Wildman–Crippen LogP) is 1.69. The third-order valence-electron chi connectivity index (χ3n) is 4.50. The SMILES string of the molecule is CCOC(=O)N1CCN(c2nc3[nH]cc(NC(=O)CC)c(=O)c3cc2F)CC1. The van der Waals surface area contributed by atoms with Gasteiger partial charge in [-0.25, -0.2) is 14.2 Å². The summed E-state index contributed by atoms with van der Waals surface area (Å²) in [5, 5.41) is 2.54. The van der Waals surface area contributed by atoms with Crippen LogP contribution in [0.1, 0.15) is 20.3 Å². The molecule has 0 radical (unpaired) electrons. The molecule has 0 aromatic carbocycles. The largest absolute Gasteiger partial charge is 0.450 e. The summed E-state index contributed by atoms with van der Waals surface area (Å²) < 4.78 is 19.6. The van der Waals surface area contributed by atoms with Crippen molar-refractivity contribution in [2.24, 2.45) is 0 Å². The molecule has 9 nitrogen and oxygen atoms in total. The van der Waals surface area contributed by atoms with Gasteiger partial charge in [-0.1, -0.05) is 6.92 Å². The van der Waals surface area contributed by atoms with Crippen molar-refractivity contribution in [3.8, 4) is 0 Å². The number of aromatic amines is 1. The molecule has 3 rings (SSSR count). The van der Waals surface area contributed by atoms with Gasteiger partial charge in [-0.2, -0.15) is 0 Å². The average molecular weight is 391 g/mol. The molecule has 0 bridgehead atoms. The van der Waals surface area contributed by atoms with Crippen molar-refractivity contribution in [2.45, 2.75) is 20.3 Å². The van der Waals surface area contributed by atoms with E-state index in [0.717, 1.165) is 6.07 Å². The maximum absolute atomic E-state index is 14.7. The van der Waals surface area contributed by atoms with E-state index in [-0.39, 0.29) is 41.0 Å². The summed E-state index contributed by atoms with van der Waals surface area (Å²) in [6.07, 6.45) is 1.19. The predicted molar refractivity (Wildman–Crippen MR) is 102 cm³/mol. The van der Waals surface area contributed by atoms with Crippen molar-refractivity contribution in [1.29, 1.82) is 0 Å². The van der Waals surface area contributed by atoms with Crippen LogP contribution in [0.3, 0.4) is 0 Å². The second kappa shape index (κ2) is 8.24. The number of hydrogen-bond acceptors (Lipinski definition) is 6. The highest BCUT2D eigenvalue weighted by Gasteiger charge is 2.25. The average Bonchev–Trinajstić information content (AvgIpc) is 2.70. The van der Waals surface area contributed by atoms with Crippen LogP contribution in [0.5, 0.6) is 0 Å². The van der Waals surface area contributed by atoms with Gasteiger partial charge in [0.05, 0.1) is 12.0 Å². The number of H-pyrrole nitrogens is 1. The van der Waals surface area contributed by atoms with Gasteiger partial charge in [0.2, 0.25) is 11.3 Å². The first-order chi connectivity index (χ1) is 13.4. The highest BCUT2D eigenvalue weighted by Crippen LogP contribution is 2.22. The van der Waals surface area contributed by atoms with Crippen molar-refractivity contribution >= 4 is 34.5 Å². The monoisotopic (exact) mass is 391 g/mol. The van der Waals surface area contributed by atoms with Gasteiger partial charge in [-0.05, 0) is 13.0 Å². The van der Waals surface area contributed by atoms with Gasteiger partial charge in [0.1, 0.15) is 11.3 Å². The van der Waals surface area contributed by atoms with E-state index >= 15 is 0 Å². The van der Waals surface area contributed by atoms with E-state index in [1.54, 1.807) is 23.6 Å². The lowest BCUT2D eigenvalue weighted by Crippen LogP contribution is -2.49. The molecule has 0 spiro atoms. The number of carbonyl (C=O) groups is 2. The van der Waals surface area contributed by atoms with Crippen LogP contribution in [0.2, 0.25) is 0 Å². The van der Waals surface area contributed by atoms with Crippen molar-refractivity contribution in [2.75, 3.05) is 43.0 Å². The van der Waals surface area contributed by atoms with E-state index < -0.39 is 11.2 Å². The fraction of sp³-hybridized carbons (Fsp3) is 0.444. The number of rotatable bonds is 4. The summed E-state index contributed by atoms with van der Waals surface area (Å²) >= 11 is 0. The lowest BCUT2D eigenvalue weighted by Gasteiger charge is -2.34. The number of anilines is 2. The Bertz CT molecular complexity index is 953. The van der Waals surface area contributed by atoms with Crippen molar-refractivity contribution in [3.63, 3.8) is 0 Å². The minimum Gasteiger partial charge on any atom is -0.450 e. The Labute approximate surface area is 160 Å². The molecule has 0 atom stereocenters. The first-order valence-corrected chi connectivity index (χ1v) is 9.13. The second-order valence-corrected chi connectivity index (χ2v) is 6.30. The highest BCUT2D eigenvalue weighted by molar-refractivity contribution is 5.92. The molecule has 0 saturated carbocycles. The summed E-state index contributed by atoms with van der Waals surface area (Å²) in [6, 6.07) is 1.12. The van der Waals surface area contributed by atoms with Crippen molar-refractivity contribution in [1.82, 2.24) is 14.9 Å². The molecule has 10 heteroatoms. The molecule has 0 aliphatic carbocycles. The number of ether oxygens (including phenoxy) is 1. The molecule has 1 fully saturated rings. The smallest absolute Gasteiger partial charge is 0.409 e. The number of nitrogens with one attached hydrogen (secondary N) is 2. The Morgan fingerprint density at radius 1 is 1.29 bits per heavy atom. The minimum absolute atomic E-state index is 0.0522. The summed E-state index contributed by atoms with van der Waals surface area (Å²) in [7, 11) is 0. The second-order valence-electron chi connectivity index (χ2n) is 6.30. The van der Waals surface area contributed by atoms with Gasteiger partial charge in [0.25, 0.3) is 0 Å². The lowest BCUT2D eigenvalue weighted by molar-refractivity contribution is -0.115. The molecule has 3 heterocycles. The molecule has 2 N–H and O–H groups in total. The van der Waals surface area contributed by atoms with Crippen LogP contribution in [0.15, 0.2) is 17.1 Å². The number of nitrogens with zero attached hydrogens (tertiary/aromatic N) is 3. The topological polar surface area (TPSA) is 108 Å². The quantitative estimate of drug-likeness (QED) is 0.821. The Morgan fingerprint density at radius 2 is 2.00 bits per heavy atom. The number of pyridine rings is 2. The van der Waals surface area contributed by atoms with Crippen molar-refractivity contribution < 1.29 is 18.7 Å². The van der Waals surface area contributed by atoms with E-state index in [1.807, 2.05) is 0 Å². The third-order valence-corrected chi connectivity index (χ3v) is 4.50. The number of piperazine rings is 1. The molecular weight excluding hydrogens is 369 g/mol. The molecule has 1 aliphatic rings. The molecule has 2 aromatic rings. The zero-order chi connectivity index (χ0) is 20.3. The van der Waals surface area contributed by atoms with E-state index in [4.69, 9.17) is 4.74 Å². The highest BCUT2D eigenvalue weighted by atomic mass is 19.1. The summed E-state index contributed by atoms with van der Waals surface area (Å²) in [4.78, 5) is 46.1. The normalized spacial score (nSPS) is 14.2. The summed E-state index contributed by atoms with van der Waals surface area (Å²) in [5.74, 6) is -0.840. The van der Waals surface area contributed by atoms with Gasteiger partial charge in [0, 0.05) is 38.8 Å². The van der Waals surface area contributed by atoms with Crippen LogP contribution in [0.4, 0.5) is 20.7 Å². The van der Waals surface area contributed by atoms with Crippen LogP contribution < -0.4 is 15.6 Å². The standard InChI is InChI=1S/C18H22FN5O4/c1-3-14(25)21-13-10-20-16-11(15(13)26)9-12(19)17(22-16)23-5-7-24(8-6-23)18(27)28-4-2/h9-10H,3-8H2,1-2H3,(H,21,25)(H,20,22,26). The number of hydrogen-bond donors (Lipinski definition) is 2. The van der Waals surface area contributed by atoms with Crippen LogP contribution in [0.25, 0.3) is 11.0 Å². The first-order valence-electron chi connectivity index (χ1n) is 9.13. The molecule has 0 unspecified atom stereocenters. The fourth-order valence-electron chi connectivity index (χ4n) is 2.98. The van der Waals surface area contributed by atoms with Crippen LogP contribution in [-0.4, -0.2) is 59.7 Å². The number of carbonyl (C=O) groups excluding carboxylic acids is 2. The molecule has 28 heavy (non-hydrogen) atoms. The molecule has 2 amide bonds. The van der Waals surface area contributed by atoms with Gasteiger partial charge < -0.3 is 24.8 Å². The minimum atomic E-state index is -0.637. The number of halogens is 1. The zero-order valence-electron chi connectivity index (χ0n) is 15.7. The van der Waals surface area contributed by atoms with Crippen LogP contribution >= 0.6 is 0 Å². The van der Waals surface area contributed by atoms with E-state index in [9.17, 15) is 18.8 Å². The Kier molecular flexibility index (Phi) is 5.76. The van der Waals surface area contributed by atoms with Gasteiger partial charge in [-0.3, -0.25) is 9.59 Å².